The van der Waals surface area contributed by atoms with E-state index in [9.17, 15) is 22.0 Å². The maximum absolute atomic E-state index is 13.6. The van der Waals surface area contributed by atoms with Crippen LogP contribution in [-0.4, -0.2) is 24.7 Å². The number of hydrogen-bond acceptors (Lipinski definition) is 5. The highest BCUT2D eigenvalue weighted by atomic mass is 32.2. The van der Waals surface area contributed by atoms with Crippen LogP contribution in [0.5, 0.6) is 0 Å². The number of carbonyl (C=O) groups excluding carboxylic acids is 1. The van der Waals surface area contributed by atoms with Crippen molar-refractivity contribution in [1.82, 2.24) is 5.16 Å². The second-order valence-corrected chi connectivity index (χ2v) is 6.81. The van der Waals surface area contributed by atoms with Crippen molar-refractivity contribution in [3.05, 3.63) is 41.7 Å². The lowest BCUT2D eigenvalue weighted by molar-refractivity contribution is -0.115. The molecule has 1 aromatic carbocycles. The number of aryl methyl sites for hydroxylation is 1. The molecule has 0 aliphatic carbocycles. The van der Waals surface area contributed by atoms with Crippen LogP contribution in [0.4, 0.5) is 14.6 Å². The van der Waals surface area contributed by atoms with E-state index in [0.717, 1.165) is 19.1 Å². The number of halogens is 2. The monoisotopic (exact) mass is 330 g/mol. The van der Waals surface area contributed by atoms with Crippen LogP contribution in [-0.2, 0) is 14.6 Å². The predicted octanol–water partition coefficient (Wildman–Crippen LogP) is 2.06. The molecule has 1 unspecified atom stereocenters. The van der Waals surface area contributed by atoms with Gasteiger partial charge in [0.2, 0.25) is 5.91 Å². The van der Waals surface area contributed by atoms with Gasteiger partial charge in [-0.15, -0.1) is 0 Å². The number of aromatic nitrogens is 1. The first-order valence-electron chi connectivity index (χ1n) is 6.15. The smallest absolute Gasteiger partial charge is 0.244 e. The highest BCUT2D eigenvalue weighted by Gasteiger charge is 2.32. The molecule has 0 aliphatic heterocycles. The minimum Gasteiger partial charge on any atom is -0.360 e. The summed E-state index contributed by atoms with van der Waals surface area (Å²) in [5.41, 5.74) is 0. The molecule has 0 bridgehead atoms. The zero-order chi connectivity index (χ0) is 16.5. The van der Waals surface area contributed by atoms with Crippen LogP contribution in [0.2, 0.25) is 0 Å². The van der Waals surface area contributed by atoms with Crippen molar-refractivity contribution >= 4 is 21.6 Å². The molecule has 1 atom stereocenters. The van der Waals surface area contributed by atoms with Crippen molar-refractivity contribution in [2.24, 2.45) is 0 Å². The molecule has 1 N–H and O–H groups in total. The van der Waals surface area contributed by atoms with Gasteiger partial charge in [0.25, 0.3) is 0 Å². The molecule has 0 saturated carbocycles. The summed E-state index contributed by atoms with van der Waals surface area (Å²) < 4.78 is 55.7. The second-order valence-electron chi connectivity index (χ2n) is 4.57. The van der Waals surface area contributed by atoms with E-state index in [1.165, 1.54) is 6.07 Å². The summed E-state index contributed by atoms with van der Waals surface area (Å²) in [5.74, 6) is -2.60. The summed E-state index contributed by atoms with van der Waals surface area (Å²) in [6.07, 6.45) is 0. The Morgan fingerprint density at radius 3 is 2.55 bits per heavy atom. The average Bonchev–Trinajstić information content (AvgIpc) is 2.82. The van der Waals surface area contributed by atoms with Gasteiger partial charge in [0.05, 0.1) is 0 Å². The number of amides is 1. The Hall–Kier alpha value is -2.29. The first-order chi connectivity index (χ1) is 10.2. The number of anilines is 1. The van der Waals surface area contributed by atoms with Crippen molar-refractivity contribution in [2.45, 2.75) is 24.0 Å². The fourth-order valence-electron chi connectivity index (χ4n) is 1.69. The molecule has 118 valence electrons. The first kappa shape index (κ1) is 16.1. The third-order valence-corrected chi connectivity index (χ3v) is 5.00. The van der Waals surface area contributed by atoms with Crippen molar-refractivity contribution in [1.29, 1.82) is 0 Å². The van der Waals surface area contributed by atoms with Crippen molar-refractivity contribution in [3.63, 3.8) is 0 Å². The highest BCUT2D eigenvalue weighted by Crippen LogP contribution is 2.21. The fourth-order valence-corrected chi connectivity index (χ4v) is 3.00. The maximum atomic E-state index is 13.6. The Balaban J connectivity index is 2.26. The minimum atomic E-state index is -4.31. The molecular formula is C13H12F2N2O4S. The average molecular weight is 330 g/mol. The first-order valence-corrected chi connectivity index (χ1v) is 7.69. The predicted molar refractivity (Wildman–Crippen MR) is 72.9 cm³/mol. The summed E-state index contributed by atoms with van der Waals surface area (Å²) in [7, 11) is -4.31. The number of nitrogens with one attached hydrogen (secondary N) is 1. The fraction of sp³-hybridized carbons (Fsp3) is 0.231. The molecule has 0 radical (unpaired) electrons. The Labute approximate surface area is 125 Å². The lowest BCUT2D eigenvalue weighted by Gasteiger charge is -2.12. The third kappa shape index (κ3) is 3.14. The van der Waals surface area contributed by atoms with E-state index >= 15 is 0 Å². The van der Waals surface area contributed by atoms with E-state index in [1.807, 2.05) is 0 Å². The molecule has 6 nitrogen and oxygen atoms in total. The SMILES string of the molecule is Cc1cc(NC(=O)C(C)S(=O)(=O)c2ccc(F)cc2F)no1. The molecule has 22 heavy (non-hydrogen) atoms. The van der Waals surface area contributed by atoms with Crippen LogP contribution in [0.15, 0.2) is 33.7 Å². The molecular weight excluding hydrogens is 318 g/mol. The van der Waals surface area contributed by atoms with Gasteiger partial charge in [0.1, 0.15) is 27.5 Å². The Morgan fingerprint density at radius 1 is 1.32 bits per heavy atom. The van der Waals surface area contributed by atoms with Gasteiger partial charge in [0.15, 0.2) is 15.7 Å². The lowest BCUT2D eigenvalue weighted by atomic mass is 10.3. The van der Waals surface area contributed by atoms with Crippen LogP contribution in [0.25, 0.3) is 0 Å². The van der Waals surface area contributed by atoms with Gasteiger partial charge in [0, 0.05) is 12.1 Å². The number of nitrogens with zero attached hydrogens (tertiary/aromatic N) is 1. The second kappa shape index (κ2) is 5.84. The Bertz CT molecular complexity index is 817. The number of hydrogen-bond donors (Lipinski definition) is 1. The molecule has 2 aromatic rings. The number of rotatable bonds is 4. The topological polar surface area (TPSA) is 89.3 Å². The molecule has 0 spiro atoms. The largest absolute Gasteiger partial charge is 0.360 e. The Kier molecular flexibility index (Phi) is 4.27. The number of sulfone groups is 1. The zero-order valence-corrected chi connectivity index (χ0v) is 12.4. The Morgan fingerprint density at radius 2 is 2.00 bits per heavy atom. The van der Waals surface area contributed by atoms with E-state index in [2.05, 4.69) is 10.5 Å². The van der Waals surface area contributed by atoms with E-state index in [1.54, 1.807) is 6.92 Å². The van der Waals surface area contributed by atoms with E-state index < -0.39 is 37.5 Å². The molecule has 1 aromatic heterocycles. The molecule has 2 rings (SSSR count). The molecule has 0 aliphatic rings. The van der Waals surface area contributed by atoms with Gasteiger partial charge in [-0.25, -0.2) is 17.2 Å². The molecule has 0 fully saturated rings. The van der Waals surface area contributed by atoms with Crippen molar-refractivity contribution in [3.8, 4) is 0 Å². The van der Waals surface area contributed by atoms with E-state index in [-0.39, 0.29) is 5.82 Å². The van der Waals surface area contributed by atoms with Gasteiger partial charge in [-0.1, -0.05) is 5.16 Å². The number of carbonyl (C=O) groups is 1. The van der Waals surface area contributed by atoms with Gasteiger partial charge >= 0.3 is 0 Å². The standard InChI is InChI=1S/C13H12F2N2O4S/c1-7-5-12(17-21-7)16-13(18)8(2)22(19,20)11-4-3-9(14)6-10(11)15/h3-6,8H,1-2H3,(H,16,17,18). The van der Waals surface area contributed by atoms with E-state index in [0.29, 0.717) is 11.8 Å². The van der Waals surface area contributed by atoms with Crippen LogP contribution in [0.3, 0.4) is 0 Å². The van der Waals surface area contributed by atoms with E-state index in [4.69, 9.17) is 4.52 Å². The molecule has 1 heterocycles. The van der Waals surface area contributed by atoms with Crippen LogP contribution < -0.4 is 5.32 Å². The number of benzene rings is 1. The normalized spacial score (nSPS) is 12.9. The van der Waals surface area contributed by atoms with Gasteiger partial charge < -0.3 is 9.84 Å². The van der Waals surface area contributed by atoms with Crippen molar-refractivity contribution in [2.75, 3.05) is 5.32 Å². The van der Waals surface area contributed by atoms with Crippen LogP contribution in [0, 0.1) is 18.6 Å². The molecule has 0 saturated heterocycles. The summed E-state index contributed by atoms with van der Waals surface area (Å²) in [5, 5.41) is 4.15. The highest BCUT2D eigenvalue weighted by molar-refractivity contribution is 7.92. The summed E-state index contributed by atoms with van der Waals surface area (Å²) in [6.45, 7) is 2.69. The minimum absolute atomic E-state index is 0.0455. The van der Waals surface area contributed by atoms with Crippen LogP contribution >= 0.6 is 0 Å². The zero-order valence-electron chi connectivity index (χ0n) is 11.6. The van der Waals surface area contributed by atoms with Crippen molar-refractivity contribution < 1.29 is 26.5 Å². The maximum Gasteiger partial charge on any atom is 0.244 e. The summed E-state index contributed by atoms with van der Waals surface area (Å²) >= 11 is 0. The van der Waals surface area contributed by atoms with Gasteiger partial charge in [-0.2, -0.15) is 0 Å². The van der Waals surface area contributed by atoms with Gasteiger partial charge in [-0.05, 0) is 26.0 Å². The lowest BCUT2D eigenvalue weighted by Crippen LogP contribution is -2.33. The summed E-state index contributed by atoms with van der Waals surface area (Å²) in [4.78, 5) is 11.2. The third-order valence-electron chi connectivity index (χ3n) is 2.91. The molecule has 9 heteroatoms. The molecule has 1 amide bonds. The van der Waals surface area contributed by atoms with Crippen LogP contribution in [0.1, 0.15) is 12.7 Å². The quantitative estimate of drug-likeness (QED) is 0.867. The summed E-state index contributed by atoms with van der Waals surface area (Å²) in [6, 6.07) is 3.43. The van der Waals surface area contributed by atoms with Gasteiger partial charge in [-0.3, -0.25) is 4.79 Å².